The minimum absolute atomic E-state index is 0.120. The fourth-order valence-electron chi connectivity index (χ4n) is 2.69. The zero-order chi connectivity index (χ0) is 19.9. The molecule has 1 N–H and O–H groups in total. The van der Waals surface area contributed by atoms with Gasteiger partial charge >= 0.3 is 12.1 Å². The maximum atomic E-state index is 12.3. The number of anilines is 1. The highest BCUT2D eigenvalue weighted by Crippen LogP contribution is 2.18. The van der Waals surface area contributed by atoms with E-state index >= 15 is 0 Å². The molecular weight excluding hydrogens is 360 g/mol. The van der Waals surface area contributed by atoms with E-state index in [0.29, 0.717) is 13.2 Å². The minimum Gasteiger partial charge on any atom is -0.465 e. The first-order valence-corrected chi connectivity index (χ1v) is 8.59. The summed E-state index contributed by atoms with van der Waals surface area (Å²) >= 11 is 0. The van der Waals surface area contributed by atoms with Crippen LogP contribution >= 0.6 is 0 Å². The molecule has 0 atom stereocenters. The Balaban J connectivity index is 1.59. The van der Waals surface area contributed by atoms with Crippen molar-refractivity contribution in [2.75, 3.05) is 31.7 Å². The normalized spacial score (nSPS) is 12.6. The van der Waals surface area contributed by atoms with Crippen LogP contribution in [0.25, 0.3) is 0 Å². The van der Waals surface area contributed by atoms with Crippen molar-refractivity contribution < 1.29 is 23.9 Å². The van der Waals surface area contributed by atoms with Crippen molar-refractivity contribution in [2.45, 2.75) is 0 Å². The van der Waals surface area contributed by atoms with E-state index in [0.717, 1.165) is 11.3 Å². The molecule has 0 aromatic heterocycles. The molecule has 28 heavy (non-hydrogen) atoms. The number of rotatable bonds is 4. The summed E-state index contributed by atoms with van der Waals surface area (Å²) in [5.74, 6) is 4.82. The summed E-state index contributed by atoms with van der Waals surface area (Å²) in [6, 6.07) is 13.6. The van der Waals surface area contributed by atoms with E-state index in [-0.39, 0.29) is 23.8 Å². The highest BCUT2D eigenvalue weighted by atomic mass is 16.6. The van der Waals surface area contributed by atoms with Crippen LogP contribution in [0.5, 0.6) is 0 Å². The lowest BCUT2D eigenvalue weighted by Gasteiger charge is -2.11. The van der Waals surface area contributed by atoms with Gasteiger partial charge in [-0.05, 0) is 36.4 Å². The van der Waals surface area contributed by atoms with E-state index in [9.17, 15) is 14.4 Å². The third kappa shape index (κ3) is 4.30. The quantitative estimate of drug-likeness (QED) is 0.651. The van der Waals surface area contributed by atoms with E-state index in [4.69, 9.17) is 4.74 Å². The number of carbonyl (C=O) groups is 3. The Bertz CT molecular complexity index is 957. The van der Waals surface area contributed by atoms with Crippen LogP contribution in [0.2, 0.25) is 0 Å². The second-order valence-electron chi connectivity index (χ2n) is 5.83. The summed E-state index contributed by atoms with van der Waals surface area (Å²) in [6.07, 6.45) is -0.353. The monoisotopic (exact) mass is 378 g/mol. The lowest BCUT2D eigenvalue weighted by Crippen LogP contribution is -2.25. The minimum atomic E-state index is -0.571. The maximum Gasteiger partial charge on any atom is 0.414 e. The number of methoxy groups -OCH3 is 1. The van der Waals surface area contributed by atoms with Gasteiger partial charge in [0.25, 0.3) is 5.91 Å². The van der Waals surface area contributed by atoms with Crippen LogP contribution < -0.4 is 10.2 Å². The van der Waals surface area contributed by atoms with Crippen LogP contribution in [0, 0.1) is 11.8 Å². The van der Waals surface area contributed by atoms with Gasteiger partial charge in [0.15, 0.2) is 0 Å². The maximum absolute atomic E-state index is 12.3. The Morgan fingerprint density at radius 2 is 1.86 bits per heavy atom. The summed E-state index contributed by atoms with van der Waals surface area (Å²) < 4.78 is 9.59. The molecule has 2 aromatic carbocycles. The lowest BCUT2D eigenvalue weighted by atomic mass is 10.1. The molecule has 0 spiro atoms. The van der Waals surface area contributed by atoms with Crippen LogP contribution in [0.4, 0.5) is 10.5 Å². The average Bonchev–Trinajstić information content (AvgIpc) is 3.16. The largest absolute Gasteiger partial charge is 0.465 e. The molecule has 142 valence electrons. The van der Waals surface area contributed by atoms with Crippen molar-refractivity contribution in [3.8, 4) is 11.8 Å². The standard InChI is InChI=1S/C21H18N2O5/c1-27-20(25)18-7-3-2-6-17(18)19(24)22-12-4-5-15-8-10-16(11-9-15)23-13-14-28-21(23)26/h2-3,6-11H,12-14H2,1H3,(H,22,24). The Hall–Kier alpha value is -3.79. The van der Waals surface area contributed by atoms with Crippen LogP contribution in [-0.2, 0) is 9.47 Å². The van der Waals surface area contributed by atoms with Gasteiger partial charge in [-0.1, -0.05) is 24.0 Å². The molecule has 2 aromatic rings. The molecule has 0 bridgehead atoms. The molecule has 1 saturated heterocycles. The summed E-state index contributed by atoms with van der Waals surface area (Å²) in [6.45, 7) is 1.04. The summed E-state index contributed by atoms with van der Waals surface area (Å²) in [7, 11) is 1.26. The van der Waals surface area contributed by atoms with Crippen molar-refractivity contribution in [1.29, 1.82) is 0 Å². The zero-order valence-electron chi connectivity index (χ0n) is 15.2. The van der Waals surface area contributed by atoms with Gasteiger partial charge in [0.05, 0.1) is 31.3 Å². The number of nitrogens with zero attached hydrogens (tertiary/aromatic N) is 1. The molecule has 1 aliphatic heterocycles. The van der Waals surface area contributed by atoms with E-state index in [1.54, 1.807) is 47.4 Å². The molecule has 0 radical (unpaired) electrons. The molecule has 2 amide bonds. The molecule has 7 heteroatoms. The van der Waals surface area contributed by atoms with Gasteiger partial charge in [-0.2, -0.15) is 0 Å². The molecule has 1 aliphatic rings. The first-order chi connectivity index (χ1) is 13.6. The molecule has 0 saturated carbocycles. The number of hydrogen-bond acceptors (Lipinski definition) is 5. The molecule has 1 heterocycles. The topological polar surface area (TPSA) is 84.9 Å². The molecule has 1 fully saturated rings. The number of nitrogens with one attached hydrogen (secondary N) is 1. The highest BCUT2D eigenvalue weighted by molar-refractivity contribution is 6.05. The number of cyclic esters (lactones) is 1. The summed E-state index contributed by atoms with van der Waals surface area (Å²) in [5.41, 5.74) is 1.94. The van der Waals surface area contributed by atoms with Crippen molar-refractivity contribution in [2.24, 2.45) is 0 Å². The number of hydrogen-bond donors (Lipinski definition) is 1. The fraction of sp³-hybridized carbons (Fsp3) is 0.190. The molecular formula is C21H18N2O5. The summed E-state index contributed by atoms with van der Waals surface area (Å²) in [5, 5.41) is 2.66. The van der Waals surface area contributed by atoms with E-state index < -0.39 is 11.9 Å². The third-order valence-corrected chi connectivity index (χ3v) is 4.09. The van der Waals surface area contributed by atoms with Gasteiger partial charge in [0.1, 0.15) is 6.61 Å². The van der Waals surface area contributed by atoms with Crippen LogP contribution in [0.1, 0.15) is 26.3 Å². The second-order valence-corrected chi connectivity index (χ2v) is 5.83. The number of amides is 2. The lowest BCUT2D eigenvalue weighted by molar-refractivity contribution is 0.0596. The fourth-order valence-corrected chi connectivity index (χ4v) is 2.69. The van der Waals surface area contributed by atoms with Gasteiger partial charge in [0, 0.05) is 11.3 Å². The zero-order valence-corrected chi connectivity index (χ0v) is 15.2. The van der Waals surface area contributed by atoms with Crippen molar-refractivity contribution in [3.05, 3.63) is 65.2 Å². The van der Waals surface area contributed by atoms with E-state index in [1.165, 1.54) is 13.2 Å². The predicted molar refractivity (Wildman–Crippen MR) is 102 cm³/mol. The SMILES string of the molecule is COC(=O)c1ccccc1C(=O)NCC#Cc1ccc(N2CCOC2=O)cc1. The molecule has 3 rings (SSSR count). The first kappa shape index (κ1) is 19.0. The predicted octanol–water partition coefficient (Wildman–Crippen LogP) is 2.21. The smallest absolute Gasteiger partial charge is 0.414 e. The van der Waals surface area contributed by atoms with Gasteiger partial charge in [-0.25, -0.2) is 9.59 Å². The Morgan fingerprint density at radius 1 is 1.14 bits per heavy atom. The number of benzene rings is 2. The van der Waals surface area contributed by atoms with Crippen LogP contribution in [0.3, 0.4) is 0 Å². The molecule has 7 nitrogen and oxygen atoms in total. The average molecular weight is 378 g/mol. The van der Waals surface area contributed by atoms with Gasteiger partial charge < -0.3 is 14.8 Å². The number of ether oxygens (including phenoxy) is 2. The number of esters is 1. The van der Waals surface area contributed by atoms with Crippen molar-refractivity contribution in [3.63, 3.8) is 0 Å². The Labute approximate surface area is 162 Å². The van der Waals surface area contributed by atoms with Crippen LogP contribution in [-0.4, -0.2) is 44.8 Å². The Kier molecular flexibility index (Phi) is 5.92. The third-order valence-electron chi connectivity index (χ3n) is 4.09. The first-order valence-electron chi connectivity index (χ1n) is 8.59. The Morgan fingerprint density at radius 3 is 2.50 bits per heavy atom. The molecule has 0 unspecified atom stereocenters. The van der Waals surface area contributed by atoms with Crippen molar-refractivity contribution in [1.82, 2.24) is 5.32 Å². The highest BCUT2D eigenvalue weighted by Gasteiger charge is 2.23. The van der Waals surface area contributed by atoms with Crippen molar-refractivity contribution >= 4 is 23.7 Å². The van der Waals surface area contributed by atoms with Gasteiger partial charge in [0.2, 0.25) is 0 Å². The number of carbonyl (C=O) groups excluding carboxylic acids is 3. The van der Waals surface area contributed by atoms with Gasteiger partial charge in [-0.15, -0.1) is 0 Å². The van der Waals surface area contributed by atoms with Gasteiger partial charge in [-0.3, -0.25) is 9.69 Å². The molecule has 0 aliphatic carbocycles. The van der Waals surface area contributed by atoms with E-state index in [1.807, 2.05) is 0 Å². The van der Waals surface area contributed by atoms with E-state index in [2.05, 4.69) is 21.9 Å². The summed E-state index contributed by atoms with van der Waals surface area (Å²) in [4.78, 5) is 37.1. The second kappa shape index (κ2) is 8.73. The van der Waals surface area contributed by atoms with Crippen LogP contribution in [0.15, 0.2) is 48.5 Å².